The summed E-state index contributed by atoms with van der Waals surface area (Å²) in [6.07, 6.45) is 0.0509. The fraction of sp³-hybridized carbons (Fsp3) is 0.308. The predicted octanol–water partition coefficient (Wildman–Crippen LogP) is 4.69. The van der Waals surface area contributed by atoms with Gasteiger partial charge in [0, 0.05) is 29.3 Å². The monoisotopic (exact) mass is 492 g/mol. The normalized spacial score (nSPS) is 11.1. The van der Waals surface area contributed by atoms with Crippen LogP contribution in [0.3, 0.4) is 0 Å². The third-order valence-electron chi connectivity index (χ3n) is 5.97. The number of hydrogen-bond acceptors (Lipinski definition) is 6. The highest BCUT2D eigenvalue weighted by atomic mass is 32.1. The van der Waals surface area contributed by atoms with Crippen molar-refractivity contribution in [3.8, 4) is 5.69 Å². The molecule has 0 aliphatic heterocycles. The number of pyridine rings is 1. The van der Waals surface area contributed by atoms with Gasteiger partial charge in [0.25, 0.3) is 5.56 Å². The molecular formula is C26H28N4O4S. The van der Waals surface area contributed by atoms with Crippen molar-refractivity contribution in [3.05, 3.63) is 74.0 Å². The van der Waals surface area contributed by atoms with Crippen LogP contribution in [0.5, 0.6) is 0 Å². The maximum Gasteiger partial charge on any atom is 0.341 e. The van der Waals surface area contributed by atoms with E-state index >= 15 is 0 Å². The molecule has 182 valence electrons. The molecule has 0 aliphatic carbocycles. The lowest BCUT2D eigenvalue weighted by molar-refractivity contribution is -0.116. The number of nitrogens with zero attached hydrogens (tertiary/aromatic N) is 3. The Morgan fingerprint density at radius 1 is 1.11 bits per heavy atom. The highest BCUT2D eigenvalue weighted by molar-refractivity contribution is 7.16. The van der Waals surface area contributed by atoms with E-state index < -0.39 is 5.97 Å². The number of carbonyl (C=O) groups is 2. The number of fused-ring (bicyclic) bond motifs is 1. The molecule has 0 aliphatic rings. The van der Waals surface area contributed by atoms with Crippen molar-refractivity contribution in [3.63, 3.8) is 0 Å². The van der Waals surface area contributed by atoms with Gasteiger partial charge >= 0.3 is 5.97 Å². The van der Waals surface area contributed by atoms with Crippen LogP contribution in [0.15, 0.2) is 41.2 Å². The van der Waals surface area contributed by atoms with E-state index in [2.05, 4.69) is 10.4 Å². The molecule has 0 saturated carbocycles. The number of esters is 1. The van der Waals surface area contributed by atoms with Gasteiger partial charge in [0.1, 0.15) is 10.6 Å². The van der Waals surface area contributed by atoms with Crippen molar-refractivity contribution in [2.75, 3.05) is 11.9 Å². The number of carbonyl (C=O) groups excluding carboxylic acids is 2. The van der Waals surface area contributed by atoms with Crippen molar-refractivity contribution < 1.29 is 14.3 Å². The third-order valence-corrected chi connectivity index (χ3v) is 7.10. The fourth-order valence-electron chi connectivity index (χ4n) is 4.20. The van der Waals surface area contributed by atoms with Gasteiger partial charge in [-0.05, 0) is 57.9 Å². The van der Waals surface area contributed by atoms with E-state index in [9.17, 15) is 14.4 Å². The Bertz CT molecular complexity index is 1480. The van der Waals surface area contributed by atoms with E-state index in [0.29, 0.717) is 16.2 Å². The van der Waals surface area contributed by atoms with Crippen molar-refractivity contribution in [2.45, 2.75) is 47.6 Å². The van der Waals surface area contributed by atoms with E-state index in [-0.39, 0.29) is 31.0 Å². The average molecular weight is 493 g/mol. The van der Waals surface area contributed by atoms with Crippen LogP contribution in [-0.4, -0.2) is 32.8 Å². The third kappa shape index (κ3) is 4.64. The Hall–Kier alpha value is -3.72. The molecule has 1 N–H and O–H groups in total. The van der Waals surface area contributed by atoms with Crippen molar-refractivity contribution in [2.24, 2.45) is 0 Å². The van der Waals surface area contributed by atoms with Crippen LogP contribution in [0.2, 0.25) is 0 Å². The van der Waals surface area contributed by atoms with Crippen molar-refractivity contribution in [1.29, 1.82) is 0 Å². The number of aromatic nitrogens is 3. The number of nitrogens with one attached hydrogen (secondary N) is 1. The zero-order chi connectivity index (χ0) is 25.3. The lowest BCUT2D eigenvalue weighted by Crippen LogP contribution is -2.25. The largest absolute Gasteiger partial charge is 0.462 e. The molecule has 0 fully saturated rings. The molecule has 35 heavy (non-hydrogen) atoms. The standard InChI is InChI=1S/C26H28N4O4S/c1-6-34-26(33)23-16(3)18(5)35-24(23)27-20(31)12-13-29-21(32)14-15(2)22-17(4)28-30(25(22)29)19-10-8-7-9-11-19/h7-11,14H,6,12-13H2,1-5H3,(H,27,31). The summed E-state index contributed by atoms with van der Waals surface area (Å²) in [5.74, 6) is -0.747. The number of para-hydroxylation sites is 1. The summed E-state index contributed by atoms with van der Waals surface area (Å²) in [4.78, 5) is 39.3. The highest BCUT2D eigenvalue weighted by Gasteiger charge is 2.23. The molecular weight excluding hydrogens is 464 g/mol. The van der Waals surface area contributed by atoms with Gasteiger partial charge < -0.3 is 10.1 Å². The van der Waals surface area contributed by atoms with Crippen LogP contribution in [0, 0.1) is 27.7 Å². The van der Waals surface area contributed by atoms with Gasteiger partial charge in [-0.1, -0.05) is 18.2 Å². The summed E-state index contributed by atoms with van der Waals surface area (Å²) in [6, 6.07) is 11.2. The van der Waals surface area contributed by atoms with Crippen molar-refractivity contribution in [1.82, 2.24) is 14.3 Å². The second kappa shape index (κ2) is 9.87. The Labute approximate surface area is 207 Å². The molecule has 9 heteroatoms. The van der Waals surface area contributed by atoms with Crippen LogP contribution in [0.4, 0.5) is 5.00 Å². The molecule has 0 spiro atoms. The number of amides is 1. The molecule has 0 bridgehead atoms. The van der Waals surface area contributed by atoms with Crippen LogP contribution in [0.1, 0.15) is 45.4 Å². The van der Waals surface area contributed by atoms with E-state index in [4.69, 9.17) is 4.74 Å². The Kier molecular flexibility index (Phi) is 6.88. The van der Waals surface area contributed by atoms with E-state index in [1.807, 2.05) is 58.0 Å². The topological polar surface area (TPSA) is 95.2 Å². The number of hydrogen-bond donors (Lipinski definition) is 1. The number of ether oxygens (including phenoxy) is 1. The predicted molar refractivity (Wildman–Crippen MR) is 138 cm³/mol. The fourth-order valence-corrected chi connectivity index (χ4v) is 5.26. The first kappa shape index (κ1) is 24.4. The summed E-state index contributed by atoms with van der Waals surface area (Å²) < 4.78 is 8.51. The smallest absolute Gasteiger partial charge is 0.341 e. The van der Waals surface area contributed by atoms with Crippen LogP contribution in [0.25, 0.3) is 16.7 Å². The van der Waals surface area contributed by atoms with Gasteiger partial charge in [-0.3, -0.25) is 14.2 Å². The summed E-state index contributed by atoms with van der Waals surface area (Å²) in [5.41, 5.74) is 4.11. The first-order valence-corrected chi connectivity index (χ1v) is 12.3. The van der Waals surface area contributed by atoms with E-state index in [0.717, 1.165) is 32.8 Å². The minimum Gasteiger partial charge on any atom is -0.462 e. The molecule has 0 radical (unpaired) electrons. The molecule has 0 saturated heterocycles. The quantitative estimate of drug-likeness (QED) is 0.378. The maximum absolute atomic E-state index is 13.0. The van der Waals surface area contributed by atoms with Gasteiger partial charge in [-0.15, -0.1) is 11.3 Å². The number of aryl methyl sites for hydroxylation is 4. The lowest BCUT2D eigenvalue weighted by atomic mass is 10.1. The first-order chi connectivity index (χ1) is 16.7. The minimum absolute atomic E-state index is 0.0509. The summed E-state index contributed by atoms with van der Waals surface area (Å²) in [5, 5.41) is 8.90. The average Bonchev–Trinajstić information content (AvgIpc) is 3.30. The second-order valence-corrected chi connectivity index (χ2v) is 9.58. The summed E-state index contributed by atoms with van der Waals surface area (Å²) in [6.45, 7) is 9.70. The Morgan fingerprint density at radius 3 is 2.51 bits per heavy atom. The van der Waals surface area contributed by atoms with Gasteiger partial charge in [-0.25, -0.2) is 9.48 Å². The van der Waals surface area contributed by atoms with Gasteiger partial charge in [0.05, 0.1) is 23.6 Å². The van der Waals surface area contributed by atoms with E-state index in [1.165, 1.54) is 11.3 Å². The van der Waals surface area contributed by atoms with Crippen molar-refractivity contribution >= 4 is 39.2 Å². The number of benzene rings is 1. The van der Waals surface area contributed by atoms with Gasteiger partial charge in [0.2, 0.25) is 5.91 Å². The molecule has 4 rings (SSSR count). The van der Waals surface area contributed by atoms with Crippen LogP contribution in [-0.2, 0) is 16.1 Å². The maximum atomic E-state index is 13.0. The summed E-state index contributed by atoms with van der Waals surface area (Å²) >= 11 is 1.34. The molecule has 3 heterocycles. The van der Waals surface area contributed by atoms with Gasteiger partial charge in [0.15, 0.2) is 0 Å². The molecule has 8 nitrogen and oxygen atoms in total. The molecule has 1 aromatic carbocycles. The second-order valence-electron chi connectivity index (χ2n) is 8.35. The molecule has 0 unspecified atom stereocenters. The first-order valence-electron chi connectivity index (χ1n) is 11.4. The number of rotatable bonds is 7. The van der Waals surface area contributed by atoms with Crippen LogP contribution < -0.4 is 10.9 Å². The number of thiophene rings is 1. The molecule has 1 amide bonds. The SMILES string of the molecule is CCOC(=O)c1c(NC(=O)CCn2c(=O)cc(C)c3c(C)nn(-c4ccccc4)c32)sc(C)c1C. The summed E-state index contributed by atoms with van der Waals surface area (Å²) in [7, 11) is 0. The molecule has 4 aromatic rings. The van der Waals surface area contributed by atoms with Gasteiger partial charge in [-0.2, -0.15) is 5.10 Å². The van der Waals surface area contributed by atoms with E-state index in [1.54, 1.807) is 22.2 Å². The zero-order valence-corrected chi connectivity index (χ0v) is 21.3. The number of anilines is 1. The highest BCUT2D eigenvalue weighted by Crippen LogP contribution is 2.33. The lowest BCUT2D eigenvalue weighted by Gasteiger charge is -2.12. The molecule has 0 atom stereocenters. The zero-order valence-electron chi connectivity index (χ0n) is 20.5. The Morgan fingerprint density at radius 2 is 1.83 bits per heavy atom. The minimum atomic E-state index is -0.455. The molecule has 3 aromatic heterocycles. The Balaban J connectivity index is 1.66. The van der Waals surface area contributed by atoms with Crippen LogP contribution >= 0.6 is 11.3 Å².